The van der Waals surface area contributed by atoms with Gasteiger partial charge in [0, 0.05) is 5.69 Å². The minimum Gasteiger partial charge on any atom is -0.433 e. The van der Waals surface area contributed by atoms with Gasteiger partial charge in [-0.15, -0.1) is 0 Å². The van der Waals surface area contributed by atoms with Crippen molar-refractivity contribution >= 4 is 27.3 Å². The Hall–Kier alpha value is -2.89. The largest absolute Gasteiger partial charge is 0.471 e. The van der Waals surface area contributed by atoms with Gasteiger partial charge < -0.3 is 10.1 Å². The fraction of sp³-hybridized carbons (Fsp3) is 0.188. The average Bonchev–Trinajstić information content (AvgIpc) is 2.57. The number of alkyl halides is 5. The molecule has 0 aliphatic carbocycles. The van der Waals surface area contributed by atoms with E-state index < -0.39 is 34.5 Å². The molecule has 0 heterocycles. The lowest BCUT2D eigenvalue weighted by atomic mass is 10.2. The highest BCUT2D eigenvalue weighted by molar-refractivity contribution is 7.92. The number of benzene rings is 2. The second-order valence-corrected chi connectivity index (χ2v) is 7.09. The highest BCUT2D eigenvalue weighted by Gasteiger charge is 2.38. The lowest BCUT2D eigenvalue weighted by Crippen LogP contribution is -2.29. The van der Waals surface area contributed by atoms with Gasteiger partial charge in [-0.1, -0.05) is 12.1 Å². The summed E-state index contributed by atoms with van der Waals surface area (Å²) in [7, 11) is -4.28. The molecule has 0 spiro atoms. The van der Waals surface area contributed by atoms with Crippen LogP contribution in [0.3, 0.4) is 0 Å². The number of aryl methyl sites for hydroxylation is 1. The van der Waals surface area contributed by atoms with Crippen LogP contribution in [-0.4, -0.2) is 27.1 Å². The maximum absolute atomic E-state index is 12.5. The van der Waals surface area contributed by atoms with E-state index >= 15 is 0 Å². The fourth-order valence-electron chi connectivity index (χ4n) is 2.08. The third kappa shape index (κ3) is 5.31. The molecule has 0 aromatic heterocycles. The Morgan fingerprint density at radius 1 is 1.07 bits per heavy atom. The normalized spacial score (nSPS) is 12.0. The van der Waals surface area contributed by atoms with Crippen LogP contribution in [0.2, 0.25) is 0 Å². The number of carbonyl (C=O) groups is 1. The Morgan fingerprint density at radius 3 is 2.21 bits per heavy atom. The molecular formula is C16H13F5N2O4S. The minimum absolute atomic E-state index is 0.211. The molecule has 0 aliphatic rings. The number of nitrogens with one attached hydrogen (secondary N) is 2. The van der Waals surface area contributed by atoms with Gasteiger partial charge >= 0.3 is 18.7 Å². The quantitative estimate of drug-likeness (QED) is 0.689. The predicted octanol–water partition coefficient (Wildman–Crippen LogP) is 3.90. The maximum atomic E-state index is 12.5. The molecule has 6 nitrogen and oxygen atoms in total. The van der Waals surface area contributed by atoms with Gasteiger partial charge in [0.2, 0.25) is 0 Å². The summed E-state index contributed by atoms with van der Waals surface area (Å²) < 4.78 is 93.0. The highest BCUT2D eigenvalue weighted by atomic mass is 32.2. The first-order chi connectivity index (χ1) is 12.9. The Labute approximate surface area is 156 Å². The van der Waals surface area contributed by atoms with E-state index in [0.717, 1.165) is 30.3 Å². The van der Waals surface area contributed by atoms with Gasteiger partial charge in [-0.05, 0) is 42.8 Å². The van der Waals surface area contributed by atoms with Crippen LogP contribution >= 0.6 is 0 Å². The Morgan fingerprint density at radius 2 is 1.68 bits per heavy atom. The molecule has 2 aromatic rings. The van der Waals surface area contributed by atoms with Crippen molar-refractivity contribution in [3.63, 3.8) is 0 Å². The van der Waals surface area contributed by atoms with Crippen molar-refractivity contribution in [2.24, 2.45) is 0 Å². The number of ether oxygens (including phenoxy) is 1. The molecule has 2 rings (SSSR count). The summed E-state index contributed by atoms with van der Waals surface area (Å²) in [4.78, 5) is 10.5. The summed E-state index contributed by atoms with van der Waals surface area (Å²) in [6.07, 6.45) is -5.10. The van der Waals surface area contributed by atoms with Crippen LogP contribution in [0.4, 0.5) is 33.3 Å². The summed E-state index contributed by atoms with van der Waals surface area (Å²) >= 11 is 0. The molecule has 0 bridgehead atoms. The molecule has 2 aromatic carbocycles. The lowest BCUT2D eigenvalue weighted by molar-refractivity contribution is -0.167. The SMILES string of the molecule is Cc1cccc(OC(F)F)c1NS(=O)(=O)c1ccc(NC(=O)C(F)(F)F)cc1. The number of anilines is 2. The molecule has 0 saturated carbocycles. The maximum Gasteiger partial charge on any atom is 0.471 e. The Balaban J connectivity index is 2.26. The van der Waals surface area contributed by atoms with Crippen molar-refractivity contribution in [2.75, 3.05) is 10.0 Å². The van der Waals surface area contributed by atoms with Crippen molar-refractivity contribution in [3.05, 3.63) is 48.0 Å². The average molecular weight is 424 g/mol. The molecule has 12 heteroatoms. The van der Waals surface area contributed by atoms with Gasteiger partial charge in [-0.2, -0.15) is 22.0 Å². The second kappa shape index (κ2) is 8.00. The van der Waals surface area contributed by atoms with Crippen LogP contribution in [0.15, 0.2) is 47.4 Å². The van der Waals surface area contributed by atoms with E-state index in [1.807, 2.05) is 0 Å². The predicted molar refractivity (Wildman–Crippen MR) is 89.7 cm³/mol. The van der Waals surface area contributed by atoms with Gasteiger partial charge in [-0.3, -0.25) is 9.52 Å². The lowest BCUT2D eigenvalue weighted by Gasteiger charge is -2.15. The third-order valence-electron chi connectivity index (χ3n) is 3.37. The van der Waals surface area contributed by atoms with Crippen LogP contribution < -0.4 is 14.8 Å². The molecule has 0 saturated heterocycles. The molecule has 0 atom stereocenters. The van der Waals surface area contributed by atoms with Gasteiger partial charge in [0.1, 0.15) is 5.75 Å². The van der Waals surface area contributed by atoms with Gasteiger partial charge in [0.25, 0.3) is 10.0 Å². The Kier molecular flexibility index (Phi) is 6.12. The van der Waals surface area contributed by atoms with Crippen molar-refractivity contribution in [2.45, 2.75) is 24.6 Å². The van der Waals surface area contributed by atoms with Crippen LogP contribution in [0.1, 0.15) is 5.56 Å². The smallest absolute Gasteiger partial charge is 0.433 e. The number of amides is 1. The zero-order valence-corrected chi connectivity index (χ0v) is 14.9. The molecule has 152 valence electrons. The van der Waals surface area contributed by atoms with Crippen molar-refractivity contribution < 1.29 is 39.9 Å². The molecule has 1 amide bonds. The van der Waals surface area contributed by atoms with E-state index in [9.17, 15) is 35.2 Å². The number of hydrogen-bond acceptors (Lipinski definition) is 4. The van der Waals surface area contributed by atoms with Gasteiger partial charge in [0.05, 0.1) is 10.6 Å². The van der Waals surface area contributed by atoms with E-state index in [1.165, 1.54) is 19.1 Å². The summed E-state index contributed by atoms with van der Waals surface area (Å²) in [5.74, 6) is -2.61. The van der Waals surface area contributed by atoms with Crippen LogP contribution in [0.25, 0.3) is 0 Å². The van der Waals surface area contributed by atoms with E-state index in [4.69, 9.17) is 0 Å². The molecule has 0 aliphatic heterocycles. The number of hydrogen-bond donors (Lipinski definition) is 2. The van der Waals surface area contributed by atoms with Gasteiger partial charge in [0.15, 0.2) is 0 Å². The number of sulfonamides is 1. The summed E-state index contributed by atoms with van der Waals surface area (Å²) in [5, 5.41) is 1.57. The monoisotopic (exact) mass is 424 g/mol. The van der Waals surface area contributed by atoms with Crippen LogP contribution in [0, 0.1) is 6.92 Å². The molecule has 2 N–H and O–H groups in total. The minimum atomic E-state index is -5.10. The zero-order chi connectivity index (χ0) is 21.1. The highest BCUT2D eigenvalue weighted by Crippen LogP contribution is 2.31. The number of rotatable bonds is 6. The molecule has 28 heavy (non-hydrogen) atoms. The number of para-hydroxylation sites is 1. The van der Waals surface area contributed by atoms with Gasteiger partial charge in [-0.25, -0.2) is 8.42 Å². The number of halogens is 5. The van der Waals surface area contributed by atoms with E-state index in [-0.39, 0.29) is 16.3 Å². The van der Waals surface area contributed by atoms with E-state index in [2.05, 4.69) is 9.46 Å². The summed E-state index contributed by atoms with van der Waals surface area (Å²) in [5.41, 5.74) is -0.188. The molecular weight excluding hydrogens is 411 g/mol. The first-order valence-electron chi connectivity index (χ1n) is 7.45. The number of carbonyl (C=O) groups excluding carboxylic acids is 1. The standard InChI is InChI=1S/C16H13F5N2O4S/c1-9-3-2-4-12(27-15(17)18)13(9)23-28(25,26)11-7-5-10(6-8-11)22-14(24)16(19,20)21/h2-8,15,23H,1H3,(H,22,24). The van der Waals surface area contributed by atoms with Crippen molar-refractivity contribution in [3.8, 4) is 5.75 Å². The Bertz CT molecular complexity index is 960. The molecule has 0 radical (unpaired) electrons. The van der Waals surface area contributed by atoms with E-state index in [0.29, 0.717) is 5.56 Å². The first-order valence-corrected chi connectivity index (χ1v) is 8.94. The topological polar surface area (TPSA) is 84.5 Å². The van der Waals surface area contributed by atoms with Crippen molar-refractivity contribution in [1.29, 1.82) is 0 Å². The van der Waals surface area contributed by atoms with Crippen molar-refractivity contribution in [1.82, 2.24) is 0 Å². The molecule has 0 fully saturated rings. The molecule has 0 unspecified atom stereocenters. The van der Waals surface area contributed by atoms with Crippen LogP contribution in [-0.2, 0) is 14.8 Å². The summed E-state index contributed by atoms with van der Waals surface area (Å²) in [6, 6.07) is 7.79. The summed E-state index contributed by atoms with van der Waals surface area (Å²) in [6.45, 7) is -1.71. The first kappa shape index (κ1) is 21.4. The van der Waals surface area contributed by atoms with E-state index in [1.54, 1.807) is 5.32 Å². The second-order valence-electron chi connectivity index (χ2n) is 5.41. The zero-order valence-electron chi connectivity index (χ0n) is 14.0. The fourth-order valence-corrected chi connectivity index (χ4v) is 3.22. The van der Waals surface area contributed by atoms with Crippen LogP contribution in [0.5, 0.6) is 5.75 Å². The third-order valence-corrected chi connectivity index (χ3v) is 4.73.